The molecule has 0 atom stereocenters. The zero-order chi connectivity index (χ0) is 13.1. The van der Waals surface area contributed by atoms with Gasteiger partial charge in [0.2, 0.25) is 0 Å². The lowest BCUT2D eigenvalue weighted by molar-refractivity contribution is 0.614. The zero-order valence-electron chi connectivity index (χ0n) is 10.0. The maximum Gasteiger partial charge on any atom is 0.128 e. The van der Waals surface area contributed by atoms with Crippen molar-refractivity contribution in [2.24, 2.45) is 5.73 Å². The van der Waals surface area contributed by atoms with E-state index in [4.69, 9.17) is 17.3 Å². The summed E-state index contributed by atoms with van der Waals surface area (Å²) in [7, 11) is 0. The monoisotopic (exact) mass is 284 g/mol. The third-order valence-electron chi connectivity index (χ3n) is 2.73. The molecule has 5 heteroatoms. The molecule has 1 aromatic heterocycles. The Morgan fingerprint density at radius 3 is 2.78 bits per heavy atom. The molecule has 1 heterocycles. The molecule has 1 aromatic carbocycles. The van der Waals surface area contributed by atoms with E-state index in [2.05, 4.69) is 4.98 Å². The number of benzene rings is 1. The summed E-state index contributed by atoms with van der Waals surface area (Å²) in [6.45, 7) is 2.51. The normalized spacial score (nSPS) is 10.9. The molecule has 2 aromatic rings. The molecule has 0 aliphatic rings. The van der Waals surface area contributed by atoms with Gasteiger partial charge in [-0.1, -0.05) is 24.6 Å². The Kier molecular flexibility index (Phi) is 4.32. The van der Waals surface area contributed by atoms with Crippen LogP contribution in [0.15, 0.2) is 18.2 Å². The molecule has 0 unspecified atom stereocenters. The van der Waals surface area contributed by atoms with Crippen LogP contribution in [0.5, 0.6) is 0 Å². The van der Waals surface area contributed by atoms with Crippen LogP contribution in [0.2, 0.25) is 5.02 Å². The number of rotatable bonds is 4. The van der Waals surface area contributed by atoms with Crippen LogP contribution < -0.4 is 5.73 Å². The average Bonchev–Trinajstić information content (AvgIpc) is 2.76. The number of hydrogen-bond acceptors (Lipinski definition) is 3. The third kappa shape index (κ3) is 2.71. The fourth-order valence-corrected chi connectivity index (χ4v) is 3.08. The highest BCUT2D eigenvalue weighted by molar-refractivity contribution is 7.11. The zero-order valence-corrected chi connectivity index (χ0v) is 11.6. The van der Waals surface area contributed by atoms with Crippen molar-refractivity contribution in [1.82, 2.24) is 4.98 Å². The first-order valence-electron chi connectivity index (χ1n) is 5.76. The lowest BCUT2D eigenvalue weighted by Gasteiger charge is -2.02. The molecule has 0 saturated carbocycles. The first-order valence-corrected chi connectivity index (χ1v) is 6.95. The molecule has 2 N–H and O–H groups in total. The lowest BCUT2D eigenvalue weighted by Crippen LogP contribution is -1.97. The van der Waals surface area contributed by atoms with Crippen molar-refractivity contribution in [3.63, 3.8) is 0 Å². The maximum absolute atomic E-state index is 13.7. The van der Waals surface area contributed by atoms with Crippen molar-refractivity contribution in [3.05, 3.63) is 50.2 Å². The second-order valence-electron chi connectivity index (χ2n) is 3.91. The van der Waals surface area contributed by atoms with E-state index in [0.29, 0.717) is 23.6 Å². The SMILES string of the molecule is CCc1nc(Cc2c(F)cccc2Cl)sc1CN. The van der Waals surface area contributed by atoms with E-state index in [1.165, 1.54) is 17.4 Å². The van der Waals surface area contributed by atoms with Crippen molar-refractivity contribution in [1.29, 1.82) is 0 Å². The predicted molar refractivity (Wildman–Crippen MR) is 73.6 cm³/mol. The molecule has 0 spiro atoms. The van der Waals surface area contributed by atoms with Crippen LogP contribution in [0.4, 0.5) is 4.39 Å². The van der Waals surface area contributed by atoms with Gasteiger partial charge < -0.3 is 5.73 Å². The summed E-state index contributed by atoms with van der Waals surface area (Å²) < 4.78 is 13.7. The van der Waals surface area contributed by atoms with Crippen molar-refractivity contribution in [2.75, 3.05) is 0 Å². The summed E-state index contributed by atoms with van der Waals surface area (Å²) in [6, 6.07) is 4.71. The molecule has 0 aliphatic carbocycles. The number of thiazole rings is 1. The summed E-state index contributed by atoms with van der Waals surface area (Å²) in [4.78, 5) is 5.56. The van der Waals surface area contributed by atoms with Crippen LogP contribution in [0.1, 0.15) is 28.1 Å². The van der Waals surface area contributed by atoms with E-state index < -0.39 is 0 Å². The Bertz CT molecular complexity index is 512. The average molecular weight is 285 g/mol. The fourth-order valence-electron chi connectivity index (χ4n) is 1.80. The minimum Gasteiger partial charge on any atom is -0.326 e. The molecule has 0 amide bonds. The summed E-state index contributed by atoms with van der Waals surface area (Å²) in [5, 5.41) is 1.30. The minimum atomic E-state index is -0.287. The Balaban J connectivity index is 2.31. The van der Waals surface area contributed by atoms with Gasteiger partial charge in [-0.05, 0) is 18.6 Å². The van der Waals surface area contributed by atoms with Gasteiger partial charge in [-0.2, -0.15) is 0 Å². The number of aryl methyl sites for hydroxylation is 1. The quantitative estimate of drug-likeness (QED) is 0.932. The van der Waals surface area contributed by atoms with E-state index in [9.17, 15) is 4.39 Å². The van der Waals surface area contributed by atoms with E-state index in [1.807, 2.05) is 6.92 Å². The molecule has 0 aliphatic heterocycles. The van der Waals surface area contributed by atoms with Gasteiger partial charge in [0.05, 0.1) is 10.7 Å². The van der Waals surface area contributed by atoms with Gasteiger partial charge in [-0.15, -0.1) is 11.3 Å². The Morgan fingerprint density at radius 1 is 1.44 bits per heavy atom. The summed E-state index contributed by atoms with van der Waals surface area (Å²) >= 11 is 7.54. The fraction of sp³-hybridized carbons (Fsp3) is 0.308. The molecule has 0 radical (unpaired) electrons. The van der Waals surface area contributed by atoms with Crippen LogP contribution in [0.3, 0.4) is 0 Å². The molecule has 2 nitrogen and oxygen atoms in total. The molecule has 0 saturated heterocycles. The highest BCUT2D eigenvalue weighted by Crippen LogP contribution is 2.26. The minimum absolute atomic E-state index is 0.287. The van der Waals surface area contributed by atoms with Gasteiger partial charge in [-0.3, -0.25) is 0 Å². The molecular weight excluding hydrogens is 271 g/mol. The van der Waals surface area contributed by atoms with Crippen molar-refractivity contribution >= 4 is 22.9 Å². The van der Waals surface area contributed by atoms with Crippen molar-refractivity contribution < 1.29 is 4.39 Å². The number of nitrogens with two attached hydrogens (primary N) is 1. The van der Waals surface area contributed by atoms with Crippen LogP contribution in [0, 0.1) is 5.82 Å². The summed E-state index contributed by atoms with van der Waals surface area (Å²) in [5.41, 5.74) is 7.17. The highest BCUT2D eigenvalue weighted by atomic mass is 35.5. The van der Waals surface area contributed by atoms with Crippen LogP contribution >= 0.6 is 22.9 Å². The number of hydrogen-bond donors (Lipinski definition) is 1. The maximum atomic E-state index is 13.7. The second kappa shape index (κ2) is 5.78. The predicted octanol–water partition coefficient (Wildman–Crippen LogP) is 3.55. The first-order chi connectivity index (χ1) is 8.65. The molecule has 2 rings (SSSR count). The lowest BCUT2D eigenvalue weighted by atomic mass is 10.1. The largest absolute Gasteiger partial charge is 0.326 e. The van der Waals surface area contributed by atoms with Crippen LogP contribution in [-0.4, -0.2) is 4.98 Å². The van der Waals surface area contributed by atoms with E-state index in [0.717, 1.165) is 22.0 Å². The standard InChI is InChI=1S/C13H14ClFN2S/c1-2-11-12(7-16)18-13(17-11)6-8-9(14)4-3-5-10(8)15/h3-5H,2,6-7,16H2,1H3. The van der Waals surface area contributed by atoms with E-state index in [1.54, 1.807) is 12.1 Å². The smallest absolute Gasteiger partial charge is 0.128 e. The molecule has 0 bridgehead atoms. The first kappa shape index (κ1) is 13.5. The Hall–Kier alpha value is -0.970. The summed E-state index contributed by atoms with van der Waals surface area (Å²) in [6.07, 6.45) is 1.26. The number of nitrogens with zero attached hydrogens (tertiary/aromatic N) is 1. The van der Waals surface area contributed by atoms with Gasteiger partial charge in [0.15, 0.2) is 0 Å². The van der Waals surface area contributed by atoms with Crippen molar-refractivity contribution in [3.8, 4) is 0 Å². The van der Waals surface area contributed by atoms with Gasteiger partial charge in [0.25, 0.3) is 0 Å². The number of halogens is 2. The highest BCUT2D eigenvalue weighted by Gasteiger charge is 2.13. The molecule has 96 valence electrons. The third-order valence-corrected chi connectivity index (χ3v) is 4.21. The van der Waals surface area contributed by atoms with Crippen molar-refractivity contribution in [2.45, 2.75) is 26.3 Å². The van der Waals surface area contributed by atoms with Gasteiger partial charge in [-0.25, -0.2) is 9.37 Å². The van der Waals surface area contributed by atoms with Crippen LogP contribution in [-0.2, 0) is 19.4 Å². The van der Waals surface area contributed by atoms with Gasteiger partial charge in [0.1, 0.15) is 5.82 Å². The summed E-state index contributed by atoms with van der Waals surface area (Å²) in [5.74, 6) is -0.287. The second-order valence-corrected chi connectivity index (χ2v) is 5.49. The van der Waals surface area contributed by atoms with E-state index >= 15 is 0 Å². The van der Waals surface area contributed by atoms with Crippen LogP contribution in [0.25, 0.3) is 0 Å². The topological polar surface area (TPSA) is 38.9 Å². The molecular formula is C13H14ClFN2S. The Morgan fingerprint density at radius 2 is 2.22 bits per heavy atom. The van der Waals surface area contributed by atoms with Gasteiger partial charge >= 0.3 is 0 Å². The molecule has 18 heavy (non-hydrogen) atoms. The Labute approximate surface area is 115 Å². The van der Waals surface area contributed by atoms with Gasteiger partial charge in [0, 0.05) is 28.4 Å². The molecule has 0 fully saturated rings. The number of aromatic nitrogens is 1. The van der Waals surface area contributed by atoms with E-state index in [-0.39, 0.29) is 5.82 Å².